The van der Waals surface area contributed by atoms with E-state index in [9.17, 15) is 19.2 Å². The van der Waals surface area contributed by atoms with Gasteiger partial charge in [-0.15, -0.1) is 5.10 Å². The van der Waals surface area contributed by atoms with Crippen LogP contribution >= 0.6 is 0 Å². The van der Waals surface area contributed by atoms with E-state index in [-0.39, 0.29) is 18.5 Å². The largest absolute Gasteiger partial charge is 0.493 e. The summed E-state index contributed by atoms with van der Waals surface area (Å²) in [6.45, 7) is 10.4. The Labute approximate surface area is 286 Å². The summed E-state index contributed by atoms with van der Waals surface area (Å²) in [6.07, 6.45) is 7.76. The van der Waals surface area contributed by atoms with E-state index in [4.69, 9.17) is 18.6 Å². The predicted octanol–water partition coefficient (Wildman–Crippen LogP) is 7.22. The number of hydrogen-bond donors (Lipinski definition) is 0. The lowest BCUT2D eigenvalue weighted by molar-refractivity contribution is -0.186. The Bertz CT molecular complexity index is 1840. The molecular formula is C38H47N3O8. The Kier molecular flexibility index (Phi) is 10.6. The second kappa shape index (κ2) is 14.5. The average molecular weight is 674 g/mol. The lowest BCUT2D eigenvalue weighted by Crippen LogP contribution is -2.49. The highest BCUT2D eigenvalue weighted by atomic mass is 16.6. The van der Waals surface area contributed by atoms with Crippen LogP contribution in [0.15, 0.2) is 57.9 Å². The van der Waals surface area contributed by atoms with Crippen molar-refractivity contribution in [1.29, 1.82) is 0 Å². The highest BCUT2D eigenvalue weighted by molar-refractivity contribution is 6.12. The van der Waals surface area contributed by atoms with Crippen LogP contribution in [0.4, 0.5) is 0 Å². The van der Waals surface area contributed by atoms with Crippen LogP contribution in [0.1, 0.15) is 103 Å². The summed E-state index contributed by atoms with van der Waals surface area (Å²) in [7, 11) is 0. The number of hydrogen-bond acceptors (Lipinski definition) is 10. The molecule has 1 aliphatic rings. The first kappa shape index (κ1) is 35.8. The number of ketones is 1. The number of carbonyl (C=O) groups excluding carboxylic acids is 3. The number of furan rings is 1. The minimum Gasteiger partial charge on any atom is -0.493 e. The predicted molar refractivity (Wildman–Crippen MR) is 184 cm³/mol. The Morgan fingerprint density at radius 2 is 1.57 bits per heavy atom. The molecule has 0 aliphatic heterocycles. The number of aryl methyl sites for hydroxylation is 1. The van der Waals surface area contributed by atoms with Gasteiger partial charge in [0.15, 0.2) is 11.2 Å². The maximum Gasteiger partial charge on any atom is 0.324 e. The summed E-state index contributed by atoms with van der Waals surface area (Å²) in [4.78, 5) is 55.7. The van der Waals surface area contributed by atoms with E-state index in [1.165, 1.54) is 38.4 Å². The van der Waals surface area contributed by atoms with Gasteiger partial charge in [0, 0.05) is 24.4 Å². The molecule has 1 aliphatic carbocycles. The number of aromatic nitrogens is 3. The summed E-state index contributed by atoms with van der Waals surface area (Å²) < 4.78 is 24.5. The third kappa shape index (κ3) is 8.74. The summed E-state index contributed by atoms with van der Waals surface area (Å²) in [5.74, 6) is -1.09. The minimum atomic E-state index is -2.13. The van der Waals surface area contributed by atoms with Gasteiger partial charge in [0.25, 0.3) is 5.56 Å². The van der Waals surface area contributed by atoms with E-state index < -0.39 is 46.3 Å². The van der Waals surface area contributed by atoms with Crippen molar-refractivity contribution in [2.24, 2.45) is 11.3 Å². The van der Waals surface area contributed by atoms with E-state index in [0.29, 0.717) is 40.1 Å². The van der Waals surface area contributed by atoms with Gasteiger partial charge in [0.2, 0.25) is 0 Å². The molecule has 0 radical (unpaired) electrons. The molecule has 0 bridgehead atoms. The van der Waals surface area contributed by atoms with Gasteiger partial charge >= 0.3 is 11.9 Å². The molecule has 2 aromatic carbocycles. The van der Waals surface area contributed by atoms with E-state index in [2.05, 4.69) is 10.3 Å². The molecule has 0 N–H and O–H groups in total. The van der Waals surface area contributed by atoms with E-state index in [1.54, 1.807) is 84.0 Å². The second-order valence-electron chi connectivity index (χ2n) is 15.0. The smallest absolute Gasteiger partial charge is 0.324 e. The molecule has 262 valence electrons. The van der Waals surface area contributed by atoms with Crippen molar-refractivity contribution >= 4 is 39.6 Å². The number of carbonyl (C=O) groups is 3. The van der Waals surface area contributed by atoms with Gasteiger partial charge in [0.05, 0.1) is 17.6 Å². The van der Waals surface area contributed by atoms with Crippen LogP contribution in [0.5, 0.6) is 5.75 Å². The fourth-order valence-electron chi connectivity index (χ4n) is 6.24. The van der Waals surface area contributed by atoms with Crippen LogP contribution in [0.3, 0.4) is 0 Å². The zero-order chi connectivity index (χ0) is 35.4. The summed E-state index contributed by atoms with van der Waals surface area (Å²) in [6, 6.07) is 12.0. The normalized spacial score (nSPS) is 14.6. The second-order valence-corrected chi connectivity index (χ2v) is 15.0. The third-order valence-electron chi connectivity index (χ3n) is 8.79. The topological polar surface area (TPSA) is 140 Å². The molecule has 1 fully saturated rings. The van der Waals surface area contributed by atoms with Crippen molar-refractivity contribution in [2.75, 3.05) is 6.61 Å². The zero-order valence-corrected chi connectivity index (χ0v) is 29.4. The minimum absolute atomic E-state index is 0.197. The van der Waals surface area contributed by atoms with E-state index in [0.717, 1.165) is 11.1 Å². The highest BCUT2D eigenvalue weighted by Crippen LogP contribution is 2.38. The first-order valence-electron chi connectivity index (χ1n) is 17.1. The van der Waals surface area contributed by atoms with Gasteiger partial charge in [-0.2, -0.15) is 0 Å². The number of ether oxygens (including phenoxy) is 3. The molecule has 2 heterocycles. The zero-order valence-electron chi connectivity index (χ0n) is 29.4. The molecule has 0 atom stereocenters. The van der Waals surface area contributed by atoms with Crippen molar-refractivity contribution in [3.63, 3.8) is 0 Å². The molecule has 2 aromatic heterocycles. The summed E-state index contributed by atoms with van der Waals surface area (Å²) in [5, 5.41) is 9.02. The first-order chi connectivity index (χ1) is 23.1. The van der Waals surface area contributed by atoms with Crippen LogP contribution in [-0.2, 0) is 25.6 Å². The molecule has 11 nitrogen and oxygen atoms in total. The molecule has 49 heavy (non-hydrogen) atoms. The van der Waals surface area contributed by atoms with Crippen molar-refractivity contribution in [2.45, 2.75) is 111 Å². The molecule has 11 heteroatoms. The van der Waals surface area contributed by atoms with Crippen LogP contribution in [0, 0.1) is 11.3 Å². The molecule has 4 aromatic rings. The number of Topliss-reactive ketones (excluding diaryl/α,β-unsaturated/α-hetero) is 1. The van der Waals surface area contributed by atoms with Crippen molar-refractivity contribution < 1.29 is 33.0 Å². The van der Waals surface area contributed by atoms with E-state index in [1.807, 2.05) is 0 Å². The van der Waals surface area contributed by atoms with Crippen LogP contribution in [-0.4, -0.2) is 50.5 Å². The Balaban J connectivity index is 1.45. The van der Waals surface area contributed by atoms with Gasteiger partial charge in [-0.05, 0) is 84.6 Å². The van der Waals surface area contributed by atoms with Crippen molar-refractivity contribution in [1.82, 2.24) is 15.0 Å². The molecule has 5 rings (SSSR count). The van der Waals surface area contributed by atoms with Gasteiger partial charge in [-0.1, -0.05) is 49.5 Å². The Hall–Kier alpha value is -4.54. The van der Waals surface area contributed by atoms with Gasteiger partial charge in [-0.3, -0.25) is 19.2 Å². The maximum atomic E-state index is 14.2. The quantitative estimate of drug-likeness (QED) is 0.0860. The van der Waals surface area contributed by atoms with Gasteiger partial charge in [0.1, 0.15) is 34.3 Å². The molecule has 0 saturated heterocycles. The molecule has 1 saturated carbocycles. The summed E-state index contributed by atoms with van der Waals surface area (Å²) in [5.41, 5.74) is -3.52. The molecule has 0 amide bonds. The maximum absolute atomic E-state index is 14.2. The summed E-state index contributed by atoms with van der Waals surface area (Å²) >= 11 is 0. The molecule has 0 unspecified atom stereocenters. The highest BCUT2D eigenvalue weighted by Gasteiger charge is 2.52. The lowest BCUT2D eigenvalue weighted by atomic mass is 9.78. The third-order valence-corrected chi connectivity index (χ3v) is 8.79. The van der Waals surface area contributed by atoms with Crippen LogP contribution in [0.25, 0.3) is 21.9 Å². The van der Waals surface area contributed by atoms with Gasteiger partial charge < -0.3 is 18.6 Å². The standard InChI is InChI=1S/C38H47N3O8/c1-36(2,3)48-34(44)38(35(45)49-37(4,5)6,19-20-41-33(43)28-14-10-11-15-30(28)39-40-41)23-31(42)29-24-47-32-22-26(16-17-27(29)32)46-21-18-25-12-8-7-9-13-25/h10-11,14-17,22,24-25H,7-9,12-13,18-21,23H2,1-6H3. The molecule has 0 spiro atoms. The average Bonchev–Trinajstić information content (AvgIpc) is 3.46. The number of fused-ring (bicyclic) bond motifs is 2. The SMILES string of the molecule is CC(C)(C)OC(=O)C(CCn1nnc2ccccc2c1=O)(CC(=O)c1coc2cc(OCCC3CCCCC3)ccc12)C(=O)OC(C)(C)C. The Morgan fingerprint density at radius 1 is 0.898 bits per heavy atom. The fraction of sp³-hybridized carbons (Fsp3) is 0.526. The fourth-order valence-corrected chi connectivity index (χ4v) is 6.24. The Morgan fingerprint density at radius 3 is 2.24 bits per heavy atom. The van der Waals surface area contributed by atoms with Crippen LogP contribution < -0.4 is 10.3 Å². The first-order valence-corrected chi connectivity index (χ1v) is 17.1. The lowest BCUT2D eigenvalue weighted by Gasteiger charge is -2.34. The van der Waals surface area contributed by atoms with Gasteiger partial charge in [-0.25, -0.2) is 4.68 Å². The number of nitrogens with zero attached hydrogens (tertiary/aromatic N) is 3. The number of rotatable bonds is 12. The van der Waals surface area contributed by atoms with E-state index >= 15 is 0 Å². The van der Waals surface area contributed by atoms with Crippen molar-refractivity contribution in [3.05, 3.63) is 64.6 Å². The van der Waals surface area contributed by atoms with Crippen LogP contribution in [0.2, 0.25) is 0 Å². The number of benzene rings is 2. The number of esters is 2. The van der Waals surface area contributed by atoms with Crippen molar-refractivity contribution in [3.8, 4) is 5.75 Å². The molecular weight excluding hydrogens is 626 g/mol. The monoisotopic (exact) mass is 673 g/mol.